The van der Waals surface area contributed by atoms with E-state index < -0.39 is 0 Å². The van der Waals surface area contributed by atoms with E-state index in [1.807, 2.05) is 19.1 Å². The summed E-state index contributed by atoms with van der Waals surface area (Å²) in [4.78, 5) is 15.1. The number of nitrogens with zero attached hydrogens (tertiary/aromatic N) is 1. The Bertz CT molecular complexity index is 796. The van der Waals surface area contributed by atoms with E-state index in [2.05, 4.69) is 72.7 Å². The van der Waals surface area contributed by atoms with Crippen LogP contribution in [0.15, 0.2) is 48.5 Å². The summed E-state index contributed by atoms with van der Waals surface area (Å²) in [6, 6.07) is 17.0. The number of hydrogen-bond acceptors (Lipinski definition) is 3. The van der Waals surface area contributed by atoms with Gasteiger partial charge in [-0.3, -0.25) is 4.79 Å². The molecule has 0 aliphatic carbocycles. The first-order valence-electron chi connectivity index (χ1n) is 11.2. The molecular weight excluding hydrogens is 374 g/mol. The van der Waals surface area contributed by atoms with Crippen molar-refractivity contribution < 1.29 is 14.8 Å². The number of morpholine rings is 1. The third-order valence-electron chi connectivity index (χ3n) is 5.91. The van der Waals surface area contributed by atoms with E-state index in [1.54, 1.807) is 0 Å². The molecule has 2 atom stereocenters. The lowest BCUT2D eigenvalue weighted by atomic mass is 9.94. The highest BCUT2D eigenvalue weighted by Gasteiger charge is 2.26. The van der Waals surface area contributed by atoms with E-state index in [9.17, 15) is 4.79 Å². The minimum atomic E-state index is -0.179. The van der Waals surface area contributed by atoms with Gasteiger partial charge in [0.25, 0.3) is 5.91 Å². The van der Waals surface area contributed by atoms with Crippen LogP contribution in [0, 0.1) is 5.92 Å². The van der Waals surface area contributed by atoms with Gasteiger partial charge in [-0.15, -0.1) is 0 Å². The van der Waals surface area contributed by atoms with Crippen molar-refractivity contribution in [2.45, 2.75) is 46.2 Å². The Morgan fingerprint density at radius 3 is 2.23 bits per heavy atom. The van der Waals surface area contributed by atoms with Crippen LogP contribution in [0.3, 0.4) is 0 Å². The first kappa shape index (κ1) is 22.3. The molecule has 1 aliphatic heterocycles. The van der Waals surface area contributed by atoms with E-state index in [0.717, 1.165) is 38.4 Å². The van der Waals surface area contributed by atoms with Crippen LogP contribution >= 0.6 is 0 Å². The number of carbonyl (C=O) groups excluding carboxylic acids is 1. The van der Waals surface area contributed by atoms with Crippen LogP contribution in [0.25, 0.3) is 0 Å². The third-order valence-corrected chi connectivity index (χ3v) is 5.91. The van der Waals surface area contributed by atoms with Crippen LogP contribution in [0.1, 0.15) is 44.9 Å². The zero-order chi connectivity index (χ0) is 21.5. The molecule has 1 aliphatic rings. The molecule has 2 aromatic rings. The zero-order valence-corrected chi connectivity index (χ0v) is 18.7. The average Bonchev–Trinajstić information content (AvgIpc) is 2.78. The largest absolute Gasteiger partial charge is 0.378 e. The molecule has 3 N–H and O–H groups in total. The molecule has 0 radical (unpaired) electrons. The highest BCUT2D eigenvalue weighted by molar-refractivity contribution is 5.93. The van der Waals surface area contributed by atoms with Gasteiger partial charge < -0.3 is 20.3 Å². The summed E-state index contributed by atoms with van der Waals surface area (Å²) in [5, 5.41) is 5.26. The Labute approximate surface area is 180 Å². The van der Waals surface area contributed by atoms with E-state index >= 15 is 0 Å². The Hall–Kier alpha value is -2.37. The fraction of sp³-hybridized carbons (Fsp3) is 0.480. The second kappa shape index (κ2) is 10.6. The van der Waals surface area contributed by atoms with Crippen LogP contribution in [-0.2, 0) is 16.0 Å². The predicted molar refractivity (Wildman–Crippen MR) is 123 cm³/mol. The molecule has 162 valence electrons. The number of ether oxygens (including phenoxy) is 1. The summed E-state index contributed by atoms with van der Waals surface area (Å²) in [5.41, 5.74) is 4.63. The molecule has 1 saturated heterocycles. The summed E-state index contributed by atoms with van der Waals surface area (Å²) < 4.78 is 5.41. The highest BCUT2D eigenvalue weighted by Crippen LogP contribution is 2.20. The van der Waals surface area contributed by atoms with Crippen molar-refractivity contribution >= 4 is 17.3 Å². The maximum Gasteiger partial charge on any atom is 0.282 e. The van der Waals surface area contributed by atoms with Gasteiger partial charge in [-0.25, -0.2) is 0 Å². The Morgan fingerprint density at radius 1 is 1.03 bits per heavy atom. The van der Waals surface area contributed by atoms with Crippen molar-refractivity contribution in [2.75, 3.05) is 36.5 Å². The summed E-state index contributed by atoms with van der Waals surface area (Å²) in [5.74, 6) is 0.463. The van der Waals surface area contributed by atoms with Gasteiger partial charge in [0.2, 0.25) is 0 Å². The molecule has 5 nitrogen and oxygen atoms in total. The molecule has 2 aromatic carbocycles. The number of benzene rings is 2. The monoisotopic (exact) mass is 410 g/mol. The van der Waals surface area contributed by atoms with Gasteiger partial charge in [0.1, 0.15) is 6.04 Å². The number of nitrogens with one attached hydrogen (secondary N) is 1. The molecular formula is C25H36N3O2+. The second-order valence-corrected chi connectivity index (χ2v) is 8.48. The Kier molecular flexibility index (Phi) is 7.88. The standard InChI is InChI=1S/C25H35N3O2/c1-5-20-6-8-21(9-7-20)24(18(2)3)26-19(4)25(29)27-22-10-12-23(13-11-22)28-14-16-30-17-15-28/h6-13,18-19,24,26H,5,14-17H2,1-4H3,(H,27,29)/p+1/t19-,24+/m0/s1. The highest BCUT2D eigenvalue weighted by atomic mass is 16.5. The van der Waals surface area contributed by atoms with Gasteiger partial charge in [0, 0.05) is 35.9 Å². The first-order valence-corrected chi connectivity index (χ1v) is 11.2. The topological polar surface area (TPSA) is 58.2 Å². The summed E-state index contributed by atoms with van der Waals surface area (Å²) >= 11 is 0. The van der Waals surface area contributed by atoms with Gasteiger partial charge in [0.15, 0.2) is 6.04 Å². The van der Waals surface area contributed by atoms with Crippen molar-refractivity contribution in [1.82, 2.24) is 0 Å². The second-order valence-electron chi connectivity index (χ2n) is 8.48. The number of carbonyl (C=O) groups is 1. The van der Waals surface area contributed by atoms with Gasteiger partial charge in [0.05, 0.1) is 13.2 Å². The smallest absolute Gasteiger partial charge is 0.282 e. The van der Waals surface area contributed by atoms with Crippen molar-refractivity contribution in [1.29, 1.82) is 0 Å². The molecule has 0 unspecified atom stereocenters. The van der Waals surface area contributed by atoms with E-state index in [0.29, 0.717) is 5.92 Å². The number of quaternary nitrogens is 1. The molecule has 30 heavy (non-hydrogen) atoms. The SMILES string of the molecule is CCc1ccc([C@H]([NH2+][C@@H](C)C(=O)Nc2ccc(N3CCOCC3)cc2)C(C)C)cc1. The maximum absolute atomic E-state index is 12.8. The molecule has 0 spiro atoms. The quantitative estimate of drug-likeness (QED) is 0.701. The van der Waals surface area contributed by atoms with Crippen LogP contribution in [0.5, 0.6) is 0 Å². The van der Waals surface area contributed by atoms with Crippen molar-refractivity contribution in [3.8, 4) is 0 Å². The third kappa shape index (κ3) is 5.83. The van der Waals surface area contributed by atoms with Crippen LogP contribution < -0.4 is 15.5 Å². The first-order chi connectivity index (χ1) is 14.5. The molecule has 5 heteroatoms. The fourth-order valence-corrected chi connectivity index (χ4v) is 3.93. The Balaban J connectivity index is 1.59. The lowest BCUT2D eigenvalue weighted by Gasteiger charge is -2.29. The number of anilines is 2. The number of nitrogens with two attached hydrogens (primary N) is 1. The van der Waals surface area contributed by atoms with Crippen molar-refractivity contribution in [3.63, 3.8) is 0 Å². The molecule has 0 bridgehead atoms. The zero-order valence-electron chi connectivity index (χ0n) is 18.7. The molecule has 0 aromatic heterocycles. The van der Waals surface area contributed by atoms with Gasteiger partial charge >= 0.3 is 0 Å². The number of aryl methyl sites for hydroxylation is 1. The number of rotatable bonds is 8. The van der Waals surface area contributed by atoms with Crippen molar-refractivity contribution in [2.24, 2.45) is 5.92 Å². The predicted octanol–water partition coefficient (Wildman–Crippen LogP) is 3.37. The van der Waals surface area contributed by atoms with Gasteiger partial charge in [-0.05, 0) is 43.2 Å². The Morgan fingerprint density at radius 2 is 1.67 bits per heavy atom. The van der Waals surface area contributed by atoms with E-state index in [-0.39, 0.29) is 18.0 Å². The van der Waals surface area contributed by atoms with Crippen LogP contribution in [0.2, 0.25) is 0 Å². The van der Waals surface area contributed by atoms with Crippen LogP contribution in [-0.4, -0.2) is 38.3 Å². The fourth-order valence-electron chi connectivity index (χ4n) is 3.93. The number of hydrogen-bond donors (Lipinski definition) is 2. The lowest BCUT2D eigenvalue weighted by Crippen LogP contribution is -2.93. The summed E-state index contributed by atoms with van der Waals surface area (Å²) in [6.45, 7) is 11.9. The minimum Gasteiger partial charge on any atom is -0.378 e. The van der Waals surface area contributed by atoms with Gasteiger partial charge in [-0.1, -0.05) is 45.0 Å². The summed E-state index contributed by atoms with van der Waals surface area (Å²) in [6.07, 6.45) is 1.04. The molecule has 1 heterocycles. The molecule has 1 fully saturated rings. The molecule has 1 amide bonds. The van der Waals surface area contributed by atoms with E-state index in [1.165, 1.54) is 16.8 Å². The van der Waals surface area contributed by atoms with E-state index in [4.69, 9.17) is 4.74 Å². The average molecular weight is 411 g/mol. The van der Waals surface area contributed by atoms with Crippen molar-refractivity contribution in [3.05, 3.63) is 59.7 Å². The molecule has 3 rings (SSSR count). The normalized spacial score (nSPS) is 16.4. The molecule has 0 saturated carbocycles. The number of amides is 1. The lowest BCUT2D eigenvalue weighted by molar-refractivity contribution is -0.718. The minimum absolute atomic E-state index is 0.0324. The van der Waals surface area contributed by atoms with Crippen LogP contribution in [0.4, 0.5) is 11.4 Å². The summed E-state index contributed by atoms with van der Waals surface area (Å²) in [7, 11) is 0. The maximum atomic E-state index is 12.8. The van der Waals surface area contributed by atoms with Gasteiger partial charge in [-0.2, -0.15) is 0 Å².